The Kier molecular flexibility index (Phi) is 5.77. The van der Waals surface area contributed by atoms with E-state index in [-0.39, 0.29) is 26.9 Å². The summed E-state index contributed by atoms with van der Waals surface area (Å²) in [7, 11) is 0. The van der Waals surface area contributed by atoms with Crippen LogP contribution in [0.15, 0.2) is 46.1 Å². The van der Waals surface area contributed by atoms with E-state index >= 15 is 0 Å². The average Bonchev–Trinajstić information content (AvgIpc) is 2.60. The molecule has 0 saturated carbocycles. The minimum absolute atomic E-state index is 0.0734. The van der Waals surface area contributed by atoms with Crippen molar-refractivity contribution < 1.29 is 18.3 Å². The summed E-state index contributed by atoms with van der Waals surface area (Å²) in [6, 6.07) is 5.35. The van der Waals surface area contributed by atoms with E-state index in [0.29, 0.717) is 6.07 Å². The van der Waals surface area contributed by atoms with Crippen LogP contribution in [0.5, 0.6) is 0 Å². The zero-order valence-electron chi connectivity index (χ0n) is 14.0. The molecule has 0 radical (unpaired) electrons. The van der Waals surface area contributed by atoms with Gasteiger partial charge in [-0.15, -0.1) is 0 Å². The maximum Gasteiger partial charge on any atom is 0.417 e. The molecule has 1 aromatic heterocycles. The zero-order valence-corrected chi connectivity index (χ0v) is 16.2. The van der Waals surface area contributed by atoms with E-state index in [1.54, 1.807) is 0 Å². The van der Waals surface area contributed by atoms with Crippen LogP contribution < -0.4 is 11.2 Å². The third-order valence-electron chi connectivity index (χ3n) is 3.91. The fraction of sp³-hybridized carbons (Fsp3) is 0.118. The highest BCUT2D eigenvalue weighted by molar-refractivity contribution is 6.36. The van der Waals surface area contributed by atoms with Crippen LogP contribution in [0.25, 0.3) is 5.69 Å². The van der Waals surface area contributed by atoms with Crippen LogP contribution in [0, 0.1) is 0 Å². The monoisotopic (exact) mass is 465 g/mol. The molecular weight excluding hydrogens is 458 g/mol. The summed E-state index contributed by atoms with van der Waals surface area (Å²) in [5.74, 6) is 0. The molecule has 29 heavy (non-hydrogen) atoms. The van der Waals surface area contributed by atoms with E-state index in [0.717, 1.165) is 16.9 Å². The van der Waals surface area contributed by atoms with Gasteiger partial charge in [0.25, 0.3) is 5.56 Å². The summed E-state index contributed by atoms with van der Waals surface area (Å²) in [4.78, 5) is 25.0. The Morgan fingerprint density at radius 2 is 1.66 bits per heavy atom. The SMILES string of the molecule is O=c1cnn(-c2cc(Cl)c(C(O)c3ccc(Cl)c(C(F)(F)F)c3)c(Cl)c2)c(=O)[nH]1. The first-order valence-corrected chi connectivity index (χ1v) is 8.85. The van der Waals surface area contributed by atoms with Crippen LogP contribution in [-0.2, 0) is 6.18 Å². The molecule has 1 atom stereocenters. The molecule has 0 fully saturated rings. The van der Waals surface area contributed by atoms with Crippen molar-refractivity contribution in [2.24, 2.45) is 0 Å². The summed E-state index contributed by atoms with van der Waals surface area (Å²) in [5, 5.41) is 13.4. The van der Waals surface area contributed by atoms with E-state index in [1.807, 2.05) is 4.98 Å². The van der Waals surface area contributed by atoms with Gasteiger partial charge in [-0.1, -0.05) is 40.9 Å². The molecule has 2 aromatic carbocycles. The number of hydrogen-bond donors (Lipinski definition) is 2. The molecule has 0 amide bonds. The summed E-state index contributed by atoms with van der Waals surface area (Å²) in [6.07, 6.45) is -5.47. The smallest absolute Gasteiger partial charge is 0.384 e. The lowest BCUT2D eigenvalue weighted by atomic mass is 9.99. The molecule has 0 aliphatic heterocycles. The fourth-order valence-corrected chi connectivity index (χ4v) is 3.50. The van der Waals surface area contributed by atoms with Crippen LogP contribution in [-0.4, -0.2) is 19.9 Å². The van der Waals surface area contributed by atoms with E-state index in [4.69, 9.17) is 34.8 Å². The van der Waals surface area contributed by atoms with Gasteiger partial charge in [0.2, 0.25) is 0 Å². The normalized spacial score (nSPS) is 12.8. The predicted octanol–water partition coefficient (Wildman–Crippen LogP) is 3.98. The van der Waals surface area contributed by atoms with Crippen molar-refractivity contribution in [3.05, 3.63) is 89.1 Å². The number of aliphatic hydroxyl groups is 1. The van der Waals surface area contributed by atoms with Gasteiger partial charge in [0.1, 0.15) is 12.3 Å². The number of H-pyrrole nitrogens is 1. The summed E-state index contributed by atoms with van der Waals surface area (Å²) in [6.45, 7) is 0. The first-order valence-electron chi connectivity index (χ1n) is 7.71. The predicted molar refractivity (Wildman–Crippen MR) is 101 cm³/mol. The second-order valence-electron chi connectivity index (χ2n) is 5.81. The highest BCUT2D eigenvalue weighted by atomic mass is 35.5. The fourth-order valence-electron chi connectivity index (χ4n) is 2.59. The number of rotatable bonds is 3. The molecule has 3 aromatic rings. The van der Waals surface area contributed by atoms with Gasteiger partial charge in [0.05, 0.1) is 26.3 Å². The number of aromatic amines is 1. The average molecular weight is 467 g/mol. The van der Waals surface area contributed by atoms with Gasteiger partial charge in [-0.2, -0.15) is 23.0 Å². The molecule has 1 unspecified atom stereocenters. The van der Waals surface area contributed by atoms with Crippen LogP contribution in [0.4, 0.5) is 13.2 Å². The molecule has 12 heteroatoms. The number of aromatic nitrogens is 3. The van der Waals surface area contributed by atoms with Crippen molar-refractivity contribution in [2.75, 3.05) is 0 Å². The zero-order chi connectivity index (χ0) is 21.5. The summed E-state index contributed by atoms with van der Waals surface area (Å²) in [5.41, 5.74) is -2.83. The van der Waals surface area contributed by atoms with Gasteiger partial charge in [-0.25, -0.2) is 4.79 Å². The van der Waals surface area contributed by atoms with Crippen molar-refractivity contribution in [3.63, 3.8) is 0 Å². The highest BCUT2D eigenvalue weighted by Gasteiger charge is 2.34. The van der Waals surface area contributed by atoms with Crippen molar-refractivity contribution >= 4 is 34.8 Å². The standard InChI is InChI=1S/C17H9Cl3F3N3O3/c18-10-2-1-7(3-9(10)17(21,22)23)15(28)14-11(19)4-8(5-12(14)20)26-16(29)25-13(27)6-24-26/h1-6,15,28H,(H,25,27,29). The van der Waals surface area contributed by atoms with Crippen LogP contribution in [0.1, 0.15) is 22.8 Å². The second kappa shape index (κ2) is 7.83. The number of hydrogen-bond acceptors (Lipinski definition) is 4. The van der Waals surface area contributed by atoms with Crippen molar-refractivity contribution in [1.29, 1.82) is 0 Å². The third kappa shape index (κ3) is 4.32. The number of alkyl halides is 3. The summed E-state index contributed by atoms with van der Waals surface area (Å²) < 4.78 is 40.0. The second-order valence-corrected chi connectivity index (χ2v) is 7.04. The van der Waals surface area contributed by atoms with E-state index in [2.05, 4.69) is 5.10 Å². The van der Waals surface area contributed by atoms with E-state index in [9.17, 15) is 27.9 Å². The van der Waals surface area contributed by atoms with Gasteiger partial charge in [0, 0.05) is 5.56 Å². The Bertz CT molecular complexity index is 1180. The molecule has 2 N–H and O–H groups in total. The number of aliphatic hydroxyl groups excluding tert-OH is 1. The van der Waals surface area contributed by atoms with Gasteiger partial charge < -0.3 is 5.11 Å². The van der Waals surface area contributed by atoms with Crippen LogP contribution in [0.3, 0.4) is 0 Å². The van der Waals surface area contributed by atoms with Gasteiger partial charge >= 0.3 is 11.9 Å². The Morgan fingerprint density at radius 3 is 2.21 bits per heavy atom. The van der Waals surface area contributed by atoms with Gasteiger partial charge in [-0.05, 0) is 29.8 Å². The first-order chi connectivity index (χ1) is 13.5. The topological polar surface area (TPSA) is 88.0 Å². The molecule has 3 rings (SSSR count). The minimum Gasteiger partial charge on any atom is -0.384 e. The van der Waals surface area contributed by atoms with Gasteiger partial charge in [-0.3, -0.25) is 9.78 Å². The molecule has 152 valence electrons. The molecule has 0 spiro atoms. The number of benzene rings is 2. The molecule has 0 aliphatic rings. The lowest BCUT2D eigenvalue weighted by Gasteiger charge is -2.18. The van der Waals surface area contributed by atoms with Crippen molar-refractivity contribution in [3.8, 4) is 5.69 Å². The lowest BCUT2D eigenvalue weighted by Crippen LogP contribution is -2.30. The van der Waals surface area contributed by atoms with Crippen molar-refractivity contribution in [1.82, 2.24) is 14.8 Å². The van der Waals surface area contributed by atoms with Crippen molar-refractivity contribution in [2.45, 2.75) is 12.3 Å². The Morgan fingerprint density at radius 1 is 1.03 bits per heavy atom. The lowest BCUT2D eigenvalue weighted by molar-refractivity contribution is -0.137. The molecule has 0 bridgehead atoms. The van der Waals surface area contributed by atoms with Gasteiger partial charge in [0.15, 0.2) is 0 Å². The highest BCUT2D eigenvalue weighted by Crippen LogP contribution is 2.40. The summed E-state index contributed by atoms with van der Waals surface area (Å²) >= 11 is 17.9. The molecule has 0 saturated heterocycles. The largest absolute Gasteiger partial charge is 0.417 e. The molecule has 6 nitrogen and oxygen atoms in total. The Labute approximate surface area is 175 Å². The molecule has 0 aliphatic carbocycles. The third-order valence-corrected chi connectivity index (χ3v) is 4.86. The van der Waals surface area contributed by atoms with Crippen LogP contribution in [0.2, 0.25) is 15.1 Å². The number of halogens is 6. The maximum absolute atomic E-state index is 13.1. The number of nitrogens with one attached hydrogen (secondary N) is 1. The molecule has 1 heterocycles. The molecular formula is C17H9Cl3F3N3O3. The quantitative estimate of drug-likeness (QED) is 0.611. The van der Waals surface area contributed by atoms with E-state index < -0.39 is 34.1 Å². The van der Waals surface area contributed by atoms with Crippen LogP contribution >= 0.6 is 34.8 Å². The Balaban J connectivity index is 2.08. The number of nitrogens with zero attached hydrogens (tertiary/aromatic N) is 2. The minimum atomic E-state index is -4.72. The van der Waals surface area contributed by atoms with E-state index in [1.165, 1.54) is 18.2 Å². The maximum atomic E-state index is 13.1. The Hall–Kier alpha value is -2.33. The first kappa shape index (κ1) is 21.4.